The molecule has 1 aromatic carbocycles. The quantitative estimate of drug-likeness (QED) is 0.916. The van der Waals surface area contributed by atoms with Gasteiger partial charge in [-0.15, -0.1) is 0 Å². The maximum Gasteiger partial charge on any atom is 0.254 e. The van der Waals surface area contributed by atoms with E-state index in [9.17, 15) is 9.59 Å². The molecule has 0 bridgehead atoms. The number of benzene rings is 1. The molecule has 1 saturated heterocycles. The highest BCUT2D eigenvalue weighted by molar-refractivity contribution is 5.94. The van der Waals surface area contributed by atoms with Crippen molar-refractivity contribution in [3.63, 3.8) is 0 Å². The van der Waals surface area contributed by atoms with Crippen molar-refractivity contribution >= 4 is 11.8 Å². The molecule has 1 aliphatic heterocycles. The van der Waals surface area contributed by atoms with E-state index in [1.807, 2.05) is 23.1 Å². The number of rotatable bonds is 5. The fourth-order valence-corrected chi connectivity index (χ4v) is 2.66. The first-order valence-electron chi connectivity index (χ1n) is 7.37. The van der Waals surface area contributed by atoms with Gasteiger partial charge in [-0.1, -0.05) is 30.3 Å². The number of hydrogen-bond acceptors (Lipinski definition) is 3. The van der Waals surface area contributed by atoms with Crippen LogP contribution in [-0.2, 0) is 11.2 Å². The van der Waals surface area contributed by atoms with Crippen molar-refractivity contribution in [2.45, 2.75) is 18.9 Å². The topological polar surface area (TPSA) is 62.6 Å². The Kier molecular flexibility index (Phi) is 4.23. The van der Waals surface area contributed by atoms with Gasteiger partial charge in [0.05, 0.1) is 17.9 Å². The lowest BCUT2D eigenvalue weighted by atomic mass is 10.1. The molecule has 5 nitrogen and oxygen atoms in total. The second-order valence-electron chi connectivity index (χ2n) is 5.46. The first-order valence-corrected chi connectivity index (χ1v) is 7.37. The molecule has 3 rings (SSSR count). The molecule has 1 aromatic heterocycles. The van der Waals surface area contributed by atoms with Gasteiger partial charge in [0.2, 0.25) is 5.91 Å². The second-order valence-corrected chi connectivity index (χ2v) is 5.46. The average Bonchev–Trinajstić information content (AvgIpc) is 3.16. The van der Waals surface area contributed by atoms with Crippen molar-refractivity contribution in [2.75, 3.05) is 13.1 Å². The fraction of sp³-hybridized carbons (Fsp3) is 0.294. The molecule has 5 heteroatoms. The van der Waals surface area contributed by atoms with E-state index in [1.165, 1.54) is 18.1 Å². The SMILES string of the molecule is O=C(NC1CC(=O)N(CCc2ccccc2)C1)c1ccoc1. The Bertz CT molecular complexity index is 637. The van der Waals surface area contributed by atoms with Crippen molar-refractivity contribution < 1.29 is 14.0 Å². The molecule has 114 valence electrons. The summed E-state index contributed by atoms with van der Waals surface area (Å²) in [5, 5.41) is 2.88. The first-order chi connectivity index (χ1) is 10.7. The molecule has 1 fully saturated rings. The fourth-order valence-electron chi connectivity index (χ4n) is 2.66. The molecular weight excluding hydrogens is 280 g/mol. The van der Waals surface area contributed by atoms with Crippen molar-refractivity contribution in [3.05, 3.63) is 60.1 Å². The molecule has 22 heavy (non-hydrogen) atoms. The number of carbonyl (C=O) groups excluding carboxylic acids is 2. The van der Waals surface area contributed by atoms with Crippen molar-refractivity contribution in [3.8, 4) is 0 Å². The van der Waals surface area contributed by atoms with Crippen LogP contribution in [0.15, 0.2) is 53.3 Å². The lowest BCUT2D eigenvalue weighted by molar-refractivity contribution is -0.127. The van der Waals surface area contributed by atoms with E-state index in [2.05, 4.69) is 17.4 Å². The third-order valence-electron chi connectivity index (χ3n) is 3.85. The number of furan rings is 1. The lowest BCUT2D eigenvalue weighted by Crippen LogP contribution is -2.37. The summed E-state index contributed by atoms with van der Waals surface area (Å²) in [4.78, 5) is 25.8. The Labute approximate surface area is 128 Å². The number of likely N-dealkylation sites (tertiary alicyclic amines) is 1. The van der Waals surface area contributed by atoms with Gasteiger partial charge in [0.1, 0.15) is 6.26 Å². The minimum absolute atomic E-state index is 0.0911. The predicted octanol–water partition coefficient (Wildman–Crippen LogP) is 1.85. The summed E-state index contributed by atoms with van der Waals surface area (Å²) in [5.74, 6) is -0.107. The van der Waals surface area contributed by atoms with Crippen LogP contribution in [0.2, 0.25) is 0 Å². The highest BCUT2D eigenvalue weighted by Crippen LogP contribution is 2.13. The second kappa shape index (κ2) is 6.47. The zero-order valence-corrected chi connectivity index (χ0v) is 12.2. The predicted molar refractivity (Wildman–Crippen MR) is 81.3 cm³/mol. The van der Waals surface area contributed by atoms with E-state index in [1.54, 1.807) is 6.07 Å². The van der Waals surface area contributed by atoms with E-state index in [0.29, 0.717) is 25.1 Å². The smallest absolute Gasteiger partial charge is 0.254 e. The van der Waals surface area contributed by atoms with Crippen LogP contribution in [0.5, 0.6) is 0 Å². The molecule has 2 amide bonds. The van der Waals surface area contributed by atoms with Gasteiger partial charge in [0.25, 0.3) is 5.91 Å². The Balaban J connectivity index is 1.51. The van der Waals surface area contributed by atoms with E-state index in [4.69, 9.17) is 4.42 Å². The summed E-state index contributed by atoms with van der Waals surface area (Å²) >= 11 is 0. The molecule has 2 aromatic rings. The molecule has 0 spiro atoms. The summed E-state index contributed by atoms with van der Waals surface area (Å²) in [6.45, 7) is 1.25. The first kappa shape index (κ1) is 14.4. The molecule has 0 aliphatic carbocycles. The molecule has 1 N–H and O–H groups in total. The van der Waals surface area contributed by atoms with Crippen LogP contribution in [0.25, 0.3) is 0 Å². The maximum absolute atomic E-state index is 12.0. The molecule has 1 unspecified atom stereocenters. The number of nitrogens with zero attached hydrogens (tertiary/aromatic N) is 1. The van der Waals surface area contributed by atoms with E-state index >= 15 is 0 Å². The zero-order chi connectivity index (χ0) is 15.4. The molecule has 1 aliphatic rings. The molecule has 2 heterocycles. The van der Waals surface area contributed by atoms with Gasteiger partial charge in [0, 0.05) is 19.5 Å². The van der Waals surface area contributed by atoms with Gasteiger partial charge in [0.15, 0.2) is 0 Å². The van der Waals surface area contributed by atoms with E-state index in [-0.39, 0.29) is 17.9 Å². The van der Waals surface area contributed by atoms with Gasteiger partial charge in [-0.2, -0.15) is 0 Å². The summed E-state index contributed by atoms with van der Waals surface area (Å²) < 4.78 is 4.89. The van der Waals surface area contributed by atoms with Gasteiger partial charge in [-0.3, -0.25) is 9.59 Å². The van der Waals surface area contributed by atoms with Crippen molar-refractivity contribution in [2.24, 2.45) is 0 Å². The van der Waals surface area contributed by atoms with Crippen molar-refractivity contribution in [1.82, 2.24) is 10.2 Å². The van der Waals surface area contributed by atoms with Gasteiger partial charge in [-0.05, 0) is 18.1 Å². The molecule has 0 radical (unpaired) electrons. The third kappa shape index (κ3) is 3.36. The number of hydrogen-bond donors (Lipinski definition) is 1. The number of carbonyl (C=O) groups is 2. The minimum Gasteiger partial charge on any atom is -0.472 e. The normalized spacial score (nSPS) is 17.7. The monoisotopic (exact) mass is 298 g/mol. The van der Waals surface area contributed by atoms with Gasteiger partial charge < -0.3 is 14.6 Å². The van der Waals surface area contributed by atoms with E-state index < -0.39 is 0 Å². The maximum atomic E-state index is 12.0. The Morgan fingerprint density at radius 1 is 1.27 bits per heavy atom. The third-order valence-corrected chi connectivity index (χ3v) is 3.85. The van der Waals surface area contributed by atoms with Crippen LogP contribution in [-0.4, -0.2) is 35.8 Å². The number of amides is 2. The number of nitrogens with one attached hydrogen (secondary N) is 1. The highest BCUT2D eigenvalue weighted by Gasteiger charge is 2.30. The summed E-state index contributed by atoms with van der Waals surface area (Å²) in [5.41, 5.74) is 1.69. The highest BCUT2D eigenvalue weighted by atomic mass is 16.3. The molecular formula is C17H18N2O3. The van der Waals surface area contributed by atoms with Crippen LogP contribution in [0, 0.1) is 0 Å². The van der Waals surface area contributed by atoms with Crippen molar-refractivity contribution in [1.29, 1.82) is 0 Å². The van der Waals surface area contributed by atoms with Crippen LogP contribution >= 0.6 is 0 Å². The zero-order valence-electron chi connectivity index (χ0n) is 12.2. The Hall–Kier alpha value is -2.56. The summed E-state index contributed by atoms with van der Waals surface area (Å²) in [6.07, 6.45) is 4.05. The van der Waals surface area contributed by atoms with E-state index in [0.717, 1.165) is 6.42 Å². The molecule has 0 saturated carbocycles. The Morgan fingerprint density at radius 2 is 2.09 bits per heavy atom. The lowest BCUT2D eigenvalue weighted by Gasteiger charge is -2.17. The average molecular weight is 298 g/mol. The molecule has 1 atom stereocenters. The van der Waals surface area contributed by atoms with Crippen LogP contribution in [0.1, 0.15) is 22.3 Å². The summed E-state index contributed by atoms with van der Waals surface area (Å²) in [6, 6.07) is 11.6. The van der Waals surface area contributed by atoms with Crippen LogP contribution in [0.4, 0.5) is 0 Å². The van der Waals surface area contributed by atoms with Crippen LogP contribution < -0.4 is 5.32 Å². The minimum atomic E-state index is -0.198. The standard InChI is InChI=1S/C17H18N2O3/c20-16-10-15(18-17(21)14-7-9-22-12-14)11-19(16)8-6-13-4-2-1-3-5-13/h1-5,7,9,12,15H,6,8,10-11H2,(H,18,21). The van der Waals surface area contributed by atoms with Gasteiger partial charge >= 0.3 is 0 Å². The largest absolute Gasteiger partial charge is 0.472 e. The van der Waals surface area contributed by atoms with Crippen LogP contribution in [0.3, 0.4) is 0 Å². The van der Waals surface area contributed by atoms with Gasteiger partial charge in [-0.25, -0.2) is 0 Å². The summed E-state index contributed by atoms with van der Waals surface area (Å²) in [7, 11) is 0. The Morgan fingerprint density at radius 3 is 2.82 bits per heavy atom.